The van der Waals surface area contributed by atoms with E-state index in [0.29, 0.717) is 25.7 Å². The zero-order valence-corrected chi connectivity index (χ0v) is 34.5. The van der Waals surface area contributed by atoms with Crippen molar-refractivity contribution in [2.24, 2.45) is 5.73 Å². The summed E-state index contributed by atoms with van der Waals surface area (Å²) in [5, 5.41) is 20.1. The van der Waals surface area contributed by atoms with E-state index in [4.69, 9.17) is 24.3 Å². The van der Waals surface area contributed by atoms with Crippen molar-refractivity contribution in [1.82, 2.24) is 0 Å². The van der Waals surface area contributed by atoms with Crippen molar-refractivity contribution in [3.8, 4) is 0 Å². The van der Waals surface area contributed by atoms with Gasteiger partial charge in [0, 0.05) is 19.4 Å². The van der Waals surface area contributed by atoms with Crippen molar-refractivity contribution in [2.75, 3.05) is 26.4 Å². The van der Waals surface area contributed by atoms with Crippen LogP contribution in [0.3, 0.4) is 0 Å². The number of allylic oxidation sites excluding steroid dienone is 12. The number of rotatable bonds is 36. The van der Waals surface area contributed by atoms with Gasteiger partial charge in [0.15, 0.2) is 6.10 Å². The van der Waals surface area contributed by atoms with Crippen molar-refractivity contribution in [2.45, 2.75) is 148 Å². The topological polar surface area (TPSA) is 175 Å². The minimum Gasteiger partial charge on any atom is -0.462 e. The Morgan fingerprint density at radius 2 is 1.16 bits per heavy atom. The molecule has 0 aromatic heterocycles. The lowest BCUT2D eigenvalue weighted by Crippen LogP contribution is -2.29. The first-order chi connectivity index (χ1) is 26.6. The van der Waals surface area contributed by atoms with E-state index >= 15 is 0 Å². The minimum atomic E-state index is -4.45. The molecule has 0 aliphatic rings. The number of carbonyl (C=O) groups is 2. The standard InChI is InChI=1S/C43H72NO10P/c1-3-5-7-8-9-10-11-12-13-14-15-16-20-23-27-33-42(47)51-37-41(38-53-55(49,50)52-36-35-44)54-43(48)34-28-32-40(46)31-26-22-19-17-18-21-25-30-39(45)29-24-6-4-2/h9-10,12-13,15-16,18-19,21-22,25-26,30-31,39-41,45-46H,3-8,11,14,17,20,23-24,27-29,32-38,44H2,1-2H3,(H,49,50)/b10-9-,13-12-,16-15-,21-18-,22-19-,30-25+,31-26+/t39-,40-,41-/m1/s1. The molecule has 0 aromatic rings. The van der Waals surface area contributed by atoms with E-state index in [1.807, 2.05) is 30.4 Å². The fourth-order valence-corrected chi connectivity index (χ4v) is 5.62. The van der Waals surface area contributed by atoms with E-state index in [9.17, 15) is 29.3 Å². The number of nitrogens with two attached hydrogens (primary N) is 1. The summed E-state index contributed by atoms with van der Waals surface area (Å²) in [7, 11) is -4.45. The fraction of sp³-hybridized carbons (Fsp3) is 0.628. The molecule has 314 valence electrons. The third-order valence-electron chi connectivity index (χ3n) is 7.96. The van der Waals surface area contributed by atoms with E-state index in [1.54, 1.807) is 18.2 Å². The number of phosphoric ester groups is 1. The van der Waals surface area contributed by atoms with Crippen LogP contribution in [-0.2, 0) is 32.7 Å². The molecule has 0 radical (unpaired) electrons. The van der Waals surface area contributed by atoms with Gasteiger partial charge in [-0.3, -0.25) is 18.6 Å². The van der Waals surface area contributed by atoms with Crippen LogP contribution >= 0.6 is 7.82 Å². The zero-order valence-electron chi connectivity index (χ0n) is 33.6. The van der Waals surface area contributed by atoms with Gasteiger partial charge in [-0.1, -0.05) is 131 Å². The third-order valence-corrected chi connectivity index (χ3v) is 8.95. The Morgan fingerprint density at radius 1 is 0.636 bits per heavy atom. The van der Waals surface area contributed by atoms with Gasteiger partial charge in [0.1, 0.15) is 6.61 Å². The second-order valence-electron chi connectivity index (χ2n) is 13.2. The van der Waals surface area contributed by atoms with Gasteiger partial charge in [0.2, 0.25) is 0 Å². The number of unbranched alkanes of at least 4 members (excludes halogenated alkanes) is 7. The molecule has 0 amide bonds. The van der Waals surface area contributed by atoms with E-state index in [-0.39, 0.29) is 32.6 Å². The highest BCUT2D eigenvalue weighted by atomic mass is 31.2. The maximum absolute atomic E-state index is 12.6. The van der Waals surface area contributed by atoms with E-state index < -0.39 is 44.7 Å². The summed E-state index contributed by atoms with van der Waals surface area (Å²) in [4.78, 5) is 34.8. The summed E-state index contributed by atoms with van der Waals surface area (Å²) < 4.78 is 32.5. The Bertz CT molecular complexity index is 1210. The zero-order chi connectivity index (χ0) is 40.7. The van der Waals surface area contributed by atoms with Crippen LogP contribution in [0.5, 0.6) is 0 Å². The third kappa shape index (κ3) is 37.8. The molecule has 0 saturated carbocycles. The first-order valence-electron chi connectivity index (χ1n) is 20.3. The van der Waals surface area contributed by atoms with Gasteiger partial charge < -0.3 is 30.3 Å². The summed E-state index contributed by atoms with van der Waals surface area (Å²) in [6.45, 7) is 3.25. The number of hydrogen-bond acceptors (Lipinski definition) is 10. The van der Waals surface area contributed by atoms with Crippen LogP contribution in [0.2, 0.25) is 0 Å². The molecule has 0 aromatic carbocycles. The molecule has 0 aliphatic carbocycles. The molecule has 0 spiro atoms. The van der Waals surface area contributed by atoms with Crippen molar-refractivity contribution in [1.29, 1.82) is 0 Å². The predicted octanol–water partition coefficient (Wildman–Crippen LogP) is 9.21. The molecule has 1 unspecified atom stereocenters. The van der Waals surface area contributed by atoms with Gasteiger partial charge in [0.25, 0.3) is 0 Å². The van der Waals surface area contributed by atoms with Crippen LogP contribution in [0.4, 0.5) is 0 Å². The van der Waals surface area contributed by atoms with E-state index in [1.165, 1.54) is 19.3 Å². The number of aliphatic hydroxyl groups excluding tert-OH is 2. The van der Waals surface area contributed by atoms with Gasteiger partial charge in [-0.25, -0.2) is 4.57 Å². The molecule has 4 atom stereocenters. The molecule has 0 bridgehead atoms. The molecule has 0 saturated heterocycles. The normalized spacial score (nSPS) is 15.4. The number of hydrogen-bond donors (Lipinski definition) is 4. The van der Waals surface area contributed by atoms with Gasteiger partial charge >= 0.3 is 19.8 Å². The summed E-state index contributed by atoms with van der Waals surface area (Å²) >= 11 is 0. The number of carbonyl (C=O) groups excluding carboxylic acids is 2. The molecule has 0 aliphatic heterocycles. The lowest BCUT2D eigenvalue weighted by Gasteiger charge is -2.20. The summed E-state index contributed by atoms with van der Waals surface area (Å²) in [6.07, 6.45) is 39.7. The van der Waals surface area contributed by atoms with Crippen LogP contribution < -0.4 is 5.73 Å². The highest BCUT2D eigenvalue weighted by Gasteiger charge is 2.26. The Morgan fingerprint density at radius 3 is 1.76 bits per heavy atom. The Kier molecular flexibility index (Phi) is 36.0. The predicted molar refractivity (Wildman–Crippen MR) is 222 cm³/mol. The summed E-state index contributed by atoms with van der Waals surface area (Å²) in [5.41, 5.74) is 5.32. The molecular weight excluding hydrogens is 721 g/mol. The molecule has 0 fully saturated rings. The average Bonchev–Trinajstić information content (AvgIpc) is 3.16. The first-order valence-corrected chi connectivity index (χ1v) is 21.8. The summed E-state index contributed by atoms with van der Waals surface area (Å²) in [5.74, 6) is -1.11. The van der Waals surface area contributed by atoms with Crippen LogP contribution in [0.15, 0.2) is 85.1 Å². The highest BCUT2D eigenvalue weighted by Crippen LogP contribution is 2.43. The Hall–Kier alpha value is -2.89. The molecule has 0 heterocycles. The smallest absolute Gasteiger partial charge is 0.462 e. The molecule has 0 rings (SSSR count). The summed E-state index contributed by atoms with van der Waals surface area (Å²) in [6, 6.07) is 0. The monoisotopic (exact) mass is 793 g/mol. The second-order valence-corrected chi connectivity index (χ2v) is 14.6. The van der Waals surface area contributed by atoms with Crippen LogP contribution in [0.1, 0.15) is 129 Å². The van der Waals surface area contributed by atoms with Crippen LogP contribution in [0, 0.1) is 0 Å². The van der Waals surface area contributed by atoms with Crippen molar-refractivity contribution < 1.29 is 47.8 Å². The van der Waals surface area contributed by atoms with Gasteiger partial charge in [0.05, 0.1) is 25.4 Å². The van der Waals surface area contributed by atoms with Crippen LogP contribution in [0.25, 0.3) is 0 Å². The molecule has 12 heteroatoms. The number of aliphatic hydroxyl groups is 2. The molecular formula is C43H72NO10P. The van der Waals surface area contributed by atoms with Gasteiger partial charge in [-0.15, -0.1) is 0 Å². The van der Waals surface area contributed by atoms with E-state index in [0.717, 1.165) is 57.8 Å². The van der Waals surface area contributed by atoms with Crippen LogP contribution in [-0.4, -0.2) is 71.7 Å². The Labute approximate surface area is 331 Å². The number of phosphoric acid groups is 1. The van der Waals surface area contributed by atoms with Crippen molar-refractivity contribution in [3.63, 3.8) is 0 Å². The molecule has 55 heavy (non-hydrogen) atoms. The van der Waals surface area contributed by atoms with Gasteiger partial charge in [-0.05, 0) is 70.6 Å². The molecule has 5 N–H and O–H groups in total. The first kappa shape index (κ1) is 52.1. The van der Waals surface area contributed by atoms with Crippen molar-refractivity contribution >= 4 is 19.8 Å². The quantitative estimate of drug-likeness (QED) is 0.0157. The lowest BCUT2D eigenvalue weighted by atomic mass is 10.1. The fourth-order valence-electron chi connectivity index (χ4n) is 4.85. The maximum atomic E-state index is 12.6. The molecule has 11 nitrogen and oxygen atoms in total. The number of ether oxygens (including phenoxy) is 2. The average molecular weight is 794 g/mol. The highest BCUT2D eigenvalue weighted by molar-refractivity contribution is 7.47. The largest absolute Gasteiger partial charge is 0.472 e. The SMILES string of the molecule is CCCCC/C=C\C/C=C\C/C=C\CCCCC(=O)OC[C@H](COP(=O)(O)OCCN)OC(=O)CCC[C@H](O)/C=C/C=C\C/C=C\C=C\[C@H](O)CCCCC. The second kappa shape index (κ2) is 38.0. The van der Waals surface area contributed by atoms with E-state index in [2.05, 4.69) is 50.3 Å². The van der Waals surface area contributed by atoms with Gasteiger partial charge in [-0.2, -0.15) is 0 Å². The maximum Gasteiger partial charge on any atom is 0.472 e. The Balaban J connectivity index is 4.54. The van der Waals surface area contributed by atoms with Crippen molar-refractivity contribution in [3.05, 3.63) is 85.1 Å². The lowest BCUT2D eigenvalue weighted by molar-refractivity contribution is -0.161. The minimum absolute atomic E-state index is 0.00614. The number of esters is 2.